The zero-order valence-electron chi connectivity index (χ0n) is 12.1. The van der Waals surface area contributed by atoms with Crippen molar-refractivity contribution in [3.05, 3.63) is 42.5 Å². The van der Waals surface area contributed by atoms with Crippen LogP contribution in [0.1, 0.15) is 5.56 Å². The molecule has 1 saturated heterocycles. The monoisotopic (exact) mass is 325 g/mol. The van der Waals surface area contributed by atoms with E-state index in [9.17, 15) is 8.42 Å². The molecule has 22 heavy (non-hydrogen) atoms. The number of ether oxygens (including phenoxy) is 1. The first kappa shape index (κ1) is 16.5. The Hall–Kier alpha value is -1.90. The molecule has 0 saturated carbocycles. The van der Waals surface area contributed by atoms with Crippen molar-refractivity contribution in [2.45, 2.75) is 10.3 Å². The smallest absolute Gasteiger partial charge is 0.198 e. The predicted octanol–water partition coefficient (Wildman–Crippen LogP) is 0.399. The molecule has 1 aromatic rings. The molecule has 3 N–H and O–H groups in total. The van der Waals surface area contributed by atoms with Crippen LogP contribution in [0.15, 0.2) is 47.0 Å². The summed E-state index contributed by atoms with van der Waals surface area (Å²) in [6.45, 7) is 5.74. The lowest BCUT2D eigenvalue weighted by Gasteiger charge is -2.32. The van der Waals surface area contributed by atoms with Crippen molar-refractivity contribution in [2.75, 3.05) is 26.3 Å². The highest BCUT2D eigenvalue weighted by Crippen LogP contribution is 2.21. The fourth-order valence-corrected chi connectivity index (χ4v) is 3.97. The zero-order chi connectivity index (χ0) is 16.2. The largest absolute Gasteiger partial charge is 0.409 e. The van der Waals surface area contributed by atoms with E-state index in [1.807, 2.05) is 4.90 Å². The van der Waals surface area contributed by atoms with E-state index >= 15 is 0 Å². The number of rotatable bonds is 5. The van der Waals surface area contributed by atoms with E-state index in [4.69, 9.17) is 15.7 Å². The maximum atomic E-state index is 12.7. The number of benzene rings is 1. The van der Waals surface area contributed by atoms with Gasteiger partial charge in [-0.05, 0) is 24.3 Å². The highest BCUT2D eigenvalue weighted by Gasteiger charge is 2.31. The van der Waals surface area contributed by atoms with E-state index in [2.05, 4.69) is 11.7 Å². The van der Waals surface area contributed by atoms with Gasteiger partial charge in [0.1, 0.15) is 5.37 Å². The summed E-state index contributed by atoms with van der Waals surface area (Å²) in [4.78, 5) is 1.99. The van der Waals surface area contributed by atoms with E-state index in [1.54, 1.807) is 0 Å². The first-order chi connectivity index (χ1) is 10.5. The van der Waals surface area contributed by atoms with Crippen LogP contribution < -0.4 is 5.73 Å². The molecule has 1 aromatic carbocycles. The van der Waals surface area contributed by atoms with Gasteiger partial charge in [0.25, 0.3) is 0 Å². The summed E-state index contributed by atoms with van der Waals surface area (Å²) in [7, 11) is -3.59. The fourth-order valence-electron chi connectivity index (χ4n) is 2.32. The van der Waals surface area contributed by atoms with Crippen LogP contribution in [0.2, 0.25) is 0 Å². The highest BCUT2D eigenvalue weighted by atomic mass is 32.2. The average Bonchev–Trinajstić information content (AvgIpc) is 2.55. The standard InChI is InChI=1S/C14H19N3O4S/c1-2-13(17-7-9-21-10-8-17)22(19,20)12-5-3-11(4-6-12)14(15)16-18/h2-6,13,18H,1,7-10H2,(H2,15,16). The number of hydrogen-bond acceptors (Lipinski definition) is 6. The molecule has 1 aliphatic heterocycles. The van der Waals surface area contributed by atoms with E-state index in [1.165, 1.54) is 30.3 Å². The van der Waals surface area contributed by atoms with Crippen molar-refractivity contribution in [3.63, 3.8) is 0 Å². The molecule has 0 aromatic heterocycles. The lowest BCUT2D eigenvalue weighted by atomic mass is 10.2. The lowest BCUT2D eigenvalue weighted by Crippen LogP contribution is -2.46. The number of nitrogens with two attached hydrogens (primary N) is 1. The first-order valence-corrected chi connectivity index (χ1v) is 8.31. The Bertz CT molecular complexity index is 649. The summed E-state index contributed by atoms with van der Waals surface area (Å²) in [5.74, 6) is -0.0719. The average molecular weight is 325 g/mol. The van der Waals surface area contributed by atoms with Gasteiger partial charge in [0.15, 0.2) is 15.7 Å². The van der Waals surface area contributed by atoms with Gasteiger partial charge in [-0.3, -0.25) is 4.90 Å². The number of morpholine rings is 1. The number of sulfone groups is 1. The van der Waals surface area contributed by atoms with Crippen molar-refractivity contribution < 1.29 is 18.4 Å². The Kier molecular flexibility index (Phi) is 5.17. The predicted molar refractivity (Wildman–Crippen MR) is 82.5 cm³/mol. The molecule has 120 valence electrons. The quantitative estimate of drug-likeness (QED) is 0.267. The summed E-state index contributed by atoms with van der Waals surface area (Å²) < 4.78 is 30.7. The number of oxime groups is 1. The molecule has 0 bridgehead atoms. The molecule has 0 aliphatic carbocycles. The van der Waals surface area contributed by atoms with E-state index in [0.717, 1.165) is 0 Å². The summed E-state index contributed by atoms with van der Waals surface area (Å²) in [6, 6.07) is 5.89. The van der Waals surface area contributed by atoms with Crippen molar-refractivity contribution in [3.8, 4) is 0 Å². The van der Waals surface area contributed by atoms with Gasteiger partial charge in [-0.2, -0.15) is 0 Å². The Labute approximate surface area is 129 Å². The number of hydrogen-bond donors (Lipinski definition) is 2. The van der Waals surface area contributed by atoms with E-state index < -0.39 is 15.2 Å². The summed E-state index contributed by atoms with van der Waals surface area (Å²) >= 11 is 0. The SMILES string of the molecule is C=CC(N1CCOCC1)S(=O)(=O)c1ccc(C(N)=NO)cc1. The van der Waals surface area contributed by atoms with Crippen LogP contribution in [-0.4, -0.2) is 56.0 Å². The molecule has 2 rings (SSSR count). The van der Waals surface area contributed by atoms with Gasteiger partial charge in [0.2, 0.25) is 0 Å². The Morgan fingerprint density at radius 2 is 1.95 bits per heavy atom. The summed E-state index contributed by atoms with van der Waals surface area (Å²) in [5, 5.41) is 10.7. The minimum atomic E-state index is -3.59. The second-order valence-electron chi connectivity index (χ2n) is 4.83. The van der Waals surface area contributed by atoms with Crippen LogP contribution >= 0.6 is 0 Å². The summed E-state index contributed by atoms with van der Waals surface area (Å²) in [5.41, 5.74) is 5.92. The minimum absolute atomic E-state index is 0.0719. The molecule has 1 atom stereocenters. The lowest BCUT2D eigenvalue weighted by molar-refractivity contribution is 0.0374. The van der Waals surface area contributed by atoms with Gasteiger partial charge in [-0.15, -0.1) is 6.58 Å². The zero-order valence-corrected chi connectivity index (χ0v) is 12.9. The molecule has 1 aliphatic rings. The normalized spacial score (nSPS) is 18.8. The van der Waals surface area contributed by atoms with Gasteiger partial charge >= 0.3 is 0 Å². The number of nitrogens with zero attached hydrogens (tertiary/aromatic N) is 2. The van der Waals surface area contributed by atoms with Gasteiger partial charge in [-0.25, -0.2) is 8.42 Å². The second kappa shape index (κ2) is 6.91. The molecule has 8 heteroatoms. The molecule has 0 radical (unpaired) electrons. The minimum Gasteiger partial charge on any atom is -0.409 e. The third-order valence-corrected chi connectivity index (χ3v) is 5.57. The third-order valence-electron chi connectivity index (χ3n) is 3.51. The maximum Gasteiger partial charge on any atom is 0.198 e. The van der Waals surface area contributed by atoms with Gasteiger partial charge < -0.3 is 15.7 Å². The molecule has 7 nitrogen and oxygen atoms in total. The van der Waals surface area contributed by atoms with Crippen LogP contribution in [0.4, 0.5) is 0 Å². The highest BCUT2D eigenvalue weighted by molar-refractivity contribution is 7.92. The Balaban J connectivity index is 2.29. The molecular formula is C14H19N3O4S. The summed E-state index contributed by atoms with van der Waals surface area (Å²) in [6.07, 6.45) is 1.43. The van der Waals surface area contributed by atoms with Crippen LogP contribution in [-0.2, 0) is 14.6 Å². The topological polar surface area (TPSA) is 105 Å². The van der Waals surface area contributed by atoms with Crippen LogP contribution in [0.5, 0.6) is 0 Å². The van der Waals surface area contributed by atoms with Crippen molar-refractivity contribution in [2.24, 2.45) is 10.9 Å². The van der Waals surface area contributed by atoms with Crippen molar-refractivity contribution in [1.82, 2.24) is 4.90 Å². The van der Waals surface area contributed by atoms with Crippen LogP contribution in [0.25, 0.3) is 0 Å². The maximum absolute atomic E-state index is 12.7. The molecule has 1 heterocycles. The molecule has 0 amide bonds. The van der Waals surface area contributed by atoms with E-state index in [-0.39, 0.29) is 10.7 Å². The van der Waals surface area contributed by atoms with Gasteiger partial charge in [-0.1, -0.05) is 11.2 Å². The third kappa shape index (κ3) is 3.29. The van der Waals surface area contributed by atoms with Crippen molar-refractivity contribution >= 4 is 15.7 Å². The van der Waals surface area contributed by atoms with E-state index in [0.29, 0.717) is 31.9 Å². The van der Waals surface area contributed by atoms with Gasteiger partial charge in [0, 0.05) is 18.7 Å². The Morgan fingerprint density at radius 3 is 2.45 bits per heavy atom. The molecule has 1 fully saturated rings. The first-order valence-electron chi connectivity index (χ1n) is 6.77. The van der Waals surface area contributed by atoms with Gasteiger partial charge in [0.05, 0.1) is 18.1 Å². The van der Waals surface area contributed by atoms with Crippen LogP contribution in [0, 0.1) is 0 Å². The molecule has 0 spiro atoms. The Morgan fingerprint density at radius 1 is 1.36 bits per heavy atom. The van der Waals surface area contributed by atoms with Crippen molar-refractivity contribution in [1.29, 1.82) is 0 Å². The molecule has 1 unspecified atom stereocenters. The number of amidine groups is 1. The van der Waals surface area contributed by atoms with Crippen LogP contribution in [0.3, 0.4) is 0 Å². The molecular weight excluding hydrogens is 306 g/mol. The second-order valence-corrected chi connectivity index (χ2v) is 6.87. The fraction of sp³-hybridized carbons (Fsp3) is 0.357.